The molecule has 0 unspecified atom stereocenters. The Kier molecular flexibility index (Phi) is 8.78. The van der Waals surface area contributed by atoms with E-state index in [0.717, 1.165) is 71.2 Å². The molecule has 4 aromatic rings. The normalized spacial score (nSPS) is 17.1. The summed E-state index contributed by atoms with van der Waals surface area (Å²) in [4.78, 5) is 11.7. The molecule has 0 aliphatic heterocycles. The van der Waals surface area contributed by atoms with Gasteiger partial charge < -0.3 is 25.0 Å². The van der Waals surface area contributed by atoms with Gasteiger partial charge in [-0.05, 0) is 61.9 Å². The Hall–Kier alpha value is -3.84. The first-order valence-electron chi connectivity index (χ1n) is 13.8. The number of anilines is 2. The third kappa shape index (κ3) is 6.98. The first kappa shape index (κ1) is 26.8. The van der Waals surface area contributed by atoms with E-state index in [0.29, 0.717) is 18.6 Å². The molecule has 1 fully saturated rings. The molecular formula is C32H39N5O2. The van der Waals surface area contributed by atoms with Crippen molar-refractivity contribution < 1.29 is 9.47 Å². The zero-order valence-corrected chi connectivity index (χ0v) is 23.2. The number of para-hydroxylation sites is 1. The molecule has 2 N–H and O–H groups in total. The number of nitrogens with zero attached hydrogens (tertiary/aromatic N) is 3. The van der Waals surface area contributed by atoms with Crippen LogP contribution in [-0.2, 0) is 13.2 Å². The topological polar surface area (TPSA) is 71.5 Å². The van der Waals surface area contributed by atoms with Crippen molar-refractivity contribution in [2.24, 2.45) is 5.92 Å². The molecule has 0 bridgehead atoms. The van der Waals surface area contributed by atoms with E-state index in [1.54, 1.807) is 7.11 Å². The van der Waals surface area contributed by atoms with Crippen molar-refractivity contribution in [3.8, 4) is 11.5 Å². The molecule has 1 aromatic heterocycles. The van der Waals surface area contributed by atoms with Crippen LogP contribution in [0.4, 0.5) is 11.8 Å². The second kappa shape index (κ2) is 12.8. The largest absolute Gasteiger partial charge is 0.496 e. The highest BCUT2D eigenvalue weighted by molar-refractivity contribution is 5.90. The van der Waals surface area contributed by atoms with Crippen LogP contribution >= 0.6 is 0 Å². The summed E-state index contributed by atoms with van der Waals surface area (Å²) in [5, 5.41) is 8.35. The van der Waals surface area contributed by atoms with Crippen LogP contribution in [0.2, 0.25) is 0 Å². The average molecular weight is 526 g/mol. The summed E-state index contributed by atoms with van der Waals surface area (Å²) < 4.78 is 11.6. The summed E-state index contributed by atoms with van der Waals surface area (Å²) in [5.74, 6) is 4.01. The van der Waals surface area contributed by atoms with Crippen LogP contribution in [0.5, 0.6) is 11.5 Å². The Labute approximate surface area is 231 Å². The van der Waals surface area contributed by atoms with Crippen molar-refractivity contribution in [3.05, 3.63) is 83.9 Å². The summed E-state index contributed by atoms with van der Waals surface area (Å²) in [6.07, 6.45) is 4.61. The van der Waals surface area contributed by atoms with Gasteiger partial charge in [0.15, 0.2) is 0 Å². The van der Waals surface area contributed by atoms with Crippen LogP contribution in [0.3, 0.4) is 0 Å². The number of aromatic nitrogens is 2. The highest BCUT2D eigenvalue weighted by atomic mass is 16.5. The Balaban J connectivity index is 1.09. The van der Waals surface area contributed by atoms with E-state index >= 15 is 0 Å². The van der Waals surface area contributed by atoms with Crippen molar-refractivity contribution in [1.82, 2.24) is 15.3 Å². The maximum absolute atomic E-state index is 5.96. The third-order valence-corrected chi connectivity index (χ3v) is 7.44. The van der Waals surface area contributed by atoms with E-state index in [2.05, 4.69) is 45.9 Å². The van der Waals surface area contributed by atoms with Gasteiger partial charge in [-0.3, -0.25) is 0 Å². The van der Waals surface area contributed by atoms with Gasteiger partial charge in [-0.1, -0.05) is 48.5 Å². The predicted molar refractivity (Wildman–Crippen MR) is 159 cm³/mol. The minimum atomic E-state index is 0.404. The molecule has 1 saturated carbocycles. The van der Waals surface area contributed by atoms with Gasteiger partial charge in [0.25, 0.3) is 0 Å². The van der Waals surface area contributed by atoms with Crippen molar-refractivity contribution in [3.63, 3.8) is 0 Å². The van der Waals surface area contributed by atoms with Crippen molar-refractivity contribution in [2.45, 2.75) is 44.9 Å². The highest BCUT2D eigenvalue weighted by Crippen LogP contribution is 2.29. The molecular weight excluding hydrogens is 486 g/mol. The Morgan fingerprint density at radius 1 is 0.897 bits per heavy atom. The Morgan fingerprint density at radius 3 is 2.44 bits per heavy atom. The fourth-order valence-electron chi connectivity index (χ4n) is 5.27. The second-order valence-corrected chi connectivity index (χ2v) is 10.5. The number of ether oxygens (including phenoxy) is 2. The van der Waals surface area contributed by atoms with Gasteiger partial charge in [-0.15, -0.1) is 0 Å². The standard InChI is InChI=1S/C32H39N5O2/c1-37(2)31-28-11-7-8-12-29(28)35-32(36-31)34-26-16-13-23(14-17-26)20-33-21-25-15-18-27(19-30(25)38-3)39-22-24-9-5-4-6-10-24/h4-12,15,18-19,23,26,33H,13-14,16-17,20-22H2,1-3H3,(H,34,35,36)/t23-,26+. The molecule has 7 heteroatoms. The van der Waals surface area contributed by atoms with Gasteiger partial charge in [0.1, 0.15) is 23.9 Å². The van der Waals surface area contributed by atoms with E-state index < -0.39 is 0 Å². The van der Waals surface area contributed by atoms with Gasteiger partial charge in [0, 0.05) is 43.7 Å². The van der Waals surface area contributed by atoms with Gasteiger partial charge in [0.2, 0.25) is 5.95 Å². The summed E-state index contributed by atoms with van der Waals surface area (Å²) in [7, 11) is 5.77. The zero-order chi connectivity index (χ0) is 27.0. The summed E-state index contributed by atoms with van der Waals surface area (Å²) >= 11 is 0. The average Bonchev–Trinajstić information content (AvgIpc) is 2.97. The maximum Gasteiger partial charge on any atom is 0.225 e. The number of hydrogen-bond acceptors (Lipinski definition) is 7. The minimum Gasteiger partial charge on any atom is -0.496 e. The van der Waals surface area contributed by atoms with Crippen LogP contribution in [0.25, 0.3) is 10.9 Å². The molecule has 5 rings (SSSR count). The SMILES string of the molecule is COc1cc(OCc2ccccc2)ccc1CNC[C@H]1CC[C@@H](Nc2nc(N(C)C)c3ccccc3n2)CC1. The molecule has 0 spiro atoms. The lowest BCUT2D eigenvalue weighted by Crippen LogP contribution is -2.31. The number of methoxy groups -OCH3 is 1. The quantitative estimate of drug-likeness (QED) is 0.247. The Bertz CT molecular complexity index is 1350. The highest BCUT2D eigenvalue weighted by Gasteiger charge is 2.22. The van der Waals surface area contributed by atoms with Crippen LogP contribution < -0.4 is 25.0 Å². The first-order chi connectivity index (χ1) is 19.1. The molecule has 0 saturated heterocycles. The molecule has 0 amide bonds. The molecule has 204 valence electrons. The predicted octanol–water partition coefficient (Wildman–Crippen LogP) is 6.04. The van der Waals surface area contributed by atoms with Crippen molar-refractivity contribution >= 4 is 22.7 Å². The lowest BCUT2D eigenvalue weighted by molar-refractivity contribution is 0.303. The van der Waals surface area contributed by atoms with Gasteiger partial charge in [-0.25, -0.2) is 4.98 Å². The lowest BCUT2D eigenvalue weighted by atomic mass is 9.86. The van der Waals surface area contributed by atoms with Crippen molar-refractivity contribution in [2.75, 3.05) is 38.0 Å². The lowest BCUT2D eigenvalue weighted by Gasteiger charge is -2.29. The summed E-state index contributed by atoms with van der Waals surface area (Å²) in [6.45, 7) is 2.32. The third-order valence-electron chi connectivity index (χ3n) is 7.44. The second-order valence-electron chi connectivity index (χ2n) is 10.5. The molecule has 1 aliphatic rings. The number of fused-ring (bicyclic) bond motifs is 1. The van der Waals surface area contributed by atoms with Crippen LogP contribution in [0.15, 0.2) is 72.8 Å². The van der Waals surface area contributed by atoms with E-state index in [4.69, 9.17) is 19.4 Å². The monoisotopic (exact) mass is 525 g/mol. The van der Waals surface area contributed by atoms with E-state index in [1.807, 2.05) is 56.6 Å². The minimum absolute atomic E-state index is 0.404. The maximum atomic E-state index is 5.96. The van der Waals surface area contributed by atoms with Crippen molar-refractivity contribution in [1.29, 1.82) is 0 Å². The van der Waals surface area contributed by atoms with Gasteiger partial charge in [-0.2, -0.15) is 4.98 Å². The van der Waals surface area contributed by atoms with E-state index in [1.165, 1.54) is 12.8 Å². The molecule has 1 aliphatic carbocycles. The zero-order valence-electron chi connectivity index (χ0n) is 23.2. The van der Waals surface area contributed by atoms with E-state index in [-0.39, 0.29) is 0 Å². The smallest absolute Gasteiger partial charge is 0.225 e. The summed E-state index contributed by atoms with van der Waals surface area (Å²) in [5.41, 5.74) is 3.27. The van der Waals surface area contributed by atoms with Crippen LogP contribution in [-0.4, -0.2) is 43.8 Å². The summed E-state index contributed by atoms with van der Waals surface area (Å²) in [6, 6.07) is 24.9. The number of rotatable bonds is 11. The van der Waals surface area contributed by atoms with Gasteiger partial charge in [0.05, 0.1) is 12.6 Å². The molecule has 7 nitrogen and oxygen atoms in total. The number of benzene rings is 3. The first-order valence-corrected chi connectivity index (χ1v) is 13.8. The molecule has 39 heavy (non-hydrogen) atoms. The van der Waals surface area contributed by atoms with Crippen LogP contribution in [0.1, 0.15) is 36.8 Å². The fourth-order valence-corrected chi connectivity index (χ4v) is 5.27. The number of nitrogens with one attached hydrogen (secondary N) is 2. The van der Waals surface area contributed by atoms with E-state index in [9.17, 15) is 0 Å². The molecule has 0 atom stereocenters. The molecule has 1 heterocycles. The fraction of sp³-hybridized carbons (Fsp3) is 0.375. The molecule has 0 radical (unpaired) electrons. The Morgan fingerprint density at radius 2 is 1.67 bits per heavy atom. The van der Waals surface area contributed by atoms with Crippen LogP contribution in [0, 0.1) is 5.92 Å². The number of hydrogen-bond donors (Lipinski definition) is 2. The molecule has 3 aromatic carbocycles. The van der Waals surface area contributed by atoms with Gasteiger partial charge >= 0.3 is 0 Å².